The molecule has 0 saturated carbocycles. The van der Waals surface area contributed by atoms with Gasteiger partial charge in [0.25, 0.3) is 0 Å². The van der Waals surface area contributed by atoms with Crippen LogP contribution in [-0.2, 0) is 4.79 Å². The summed E-state index contributed by atoms with van der Waals surface area (Å²) in [6.07, 6.45) is 0. The van der Waals surface area contributed by atoms with Crippen LogP contribution in [0.1, 0.15) is 0 Å². The predicted octanol–water partition coefficient (Wildman–Crippen LogP) is -4.72. The minimum absolute atomic E-state index is 0. The molecule has 1 radical (unpaired) electrons. The molecule has 3 heteroatoms. The van der Waals surface area contributed by atoms with Gasteiger partial charge < -0.3 is 9.90 Å². The molecule has 0 aromatic carbocycles. The molecule has 2 nitrogen and oxygen atoms in total. The van der Waals surface area contributed by atoms with E-state index in [0.29, 0.717) is 0 Å². The molecule has 0 aliphatic rings. The summed E-state index contributed by atoms with van der Waals surface area (Å²) in [7, 11) is 0. The monoisotopic (exact) mass is 67.0 g/mol. The Bertz CT molecular complexity index is 13.5. The third-order valence-electron chi connectivity index (χ3n) is 0. The second kappa shape index (κ2) is 9.80. The Hall–Kier alpha value is 0.470. The van der Waals surface area contributed by atoms with Gasteiger partial charge in [-0.25, -0.2) is 0 Å². The van der Waals surface area contributed by atoms with E-state index in [1.165, 1.54) is 0 Å². The van der Waals surface area contributed by atoms with Crippen molar-refractivity contribution >= 4 is 6.47 Å². The van der Waals surface area contributed by atoms with Crippen LogP contribution in [0.25, 0.3) is 0 Å². The Labute approximate surface area is 46.1 Å². The summed E-state index contributed by atoms with van der Waals surface area (Å²) in [5.41, 5.74) is 0. The van der Waals surface area contributed by atoms with Crippen molar-refractivity contribution in [2.45, 2.75) is 0 Å². The summed E-state index contributed by atoms with van der Waals surface area (Å²) in [4.78, 5) is 8.12. The van der Waals surface area contributed by atoms with Crippen LogP contribution in [0.4, 0.5) is 0 Å². The van der Waals surface area contributed by atoms with Crippen LogP contribution in [0.2, 0.25) is 0 Å². The molecule has 0 unspecified atom stereocenters. The van der Waals surface area contributed by atoms with E-state index in [4.69, 9.17) is 9.90 Å². The van der Waals surface area contributed by atoms with Gasteiger partial charge in [-0.2, -0.15) is 0 Å². The topological polar surface area (TPSA) is 40.1 Å². The Morgan fingerprint density at radius 3 is 1.75 bits per heavy atom. The normalized spacial score (nSPS) is 3.00. The maximum atomic E-state index is 8.12. The van der Waals surface area contributed by atoms with E-state index in [1.807, 2.05) is 0 Å². The fraction of sp³-hybridized carbons (Fsp3) is 0. The van der Waals surface area contributed by atoms with Gasteiger partial charge in [0, 0.05) is 0 Å². The fourth-order valence-electron chi connectivity index (χ4n) is 0. The molecule has 0 rings (SSSR count). The van der Waals surface area contributed by atoms with Crippen molar-refractivity contribution in [2.24, 2.45) is 0 Å². The van der Waals surface area contributed by atoms with Gasteiger partial charge in [-0.15, -0.1) is 0 Å². The Morgan fingerprint density at radius 1 is 1.75 bits per heavy atom. The molecule has 0 heterocycles. The summed E-state index contributed by atoms with van der Waals surface area (Å²) in [5.74, 6) is 0. The van der Waals surface area contributed by atoms with Gasteiger partial charge in [-0.1, -0.05) is 0 Å². The number of hydrogen-bond acceptors (Lipinski definition) is 2. The van der Waals surface area contributed by atoms with E-state index < -0.39 is 0 Å². The van der Waals surface area contributed by atoms with E-state index in [9.17, 15) is 0 Å². The molecule has 0 fully saturated rings. The molecule has 0 aliphatic heterocycles. The van der Waals surface area contributed by atoms with Gasteiger partial charge in [0.2, 0.25) is 0 Å². The number of rotatable bonds is 0. The molecule has 0 spiro atoms. The molecule has 0 N–H and O–H groups in total. The van der Waals surface area contributed by atoms with Crippen molar-refractivity contribution in [1.82, 2.24) is 0 Å². The Balaban J connectivity index is 0. The van der Waals surface area contributed by atoms with Gasteiger partial charge >= 0.3 is 29.6 Å². The summed E-state index contributed by atoms with van der Waals surface area (Å²) < 4.78 is 0. The van der Waals surface area contributed by atoms with Crippen molar-refractivity contribution in [2.75, 3.05) is 0 Å². The van der Waals surface area contributed by atoms with Gasteiger partial charge in [0.1, 0.15) is 0 Å². The maximum Gasteiger partial charge on any atom is 1.00 e. The molecule has 0 atom stereocenters. The van der Waals surface area contributed by atoms with E-state index in [2.05, 4.69) is 0 Å². The standard InChI is InChI=1S/CO2.Na/c2-1-3;/q-1;+1. The van der Waals surface area contributed by atoms with Crippen molar-refractivity contribution in [3.8, 4) is 0 Å². The van der Waals surface area contributed by atoms with E-state index in [1.54, 1.807) is 0 Å². The first-order valence-corrected chi connectivity index (χ1v) is 0.408. The molecule has 0 saturated heterocycles. The number of hydrogen-bond donors (Lipinski definition) is 0. The number of carbonyl (C=O) groups excluding carboxylic acids is 1. The second-order valence-corrected chi connectivity index (χ2v) is 0.0833. The quantitative estimate of drug-likeness (QED) is 0.267. The molecule has 0 aliphatic carbocycles. The Morgan fingerprint density at radius 2 is 1.75 bits per heavy atom. The van der Waals surface area contributed by atoms with Crippen molar-refractivity contribution < 1.29 is 39.5 Å². The van der Waals surface area contributed by atoms with Crippen LogP contribution in [0.15, 0.2) is 0 Å². The molecular weight excluding hydrogens is 67.0 g/mol. The first-order chi connectivity index (χ1) is 1.41. The average Bonchev–Trinajstić information content (AvgIpc) is 0.918. The summed E-state index contributed by atoms with van der Waals surface area (Å²) in [6.45, 7) is 0.250. The zero-order valence-corrected chi connectivity index (χ0v) is 4.32. The minimum Gasteiger partial charge on any atom is -0.543 e. The van der Waals surface area contributed by atoms with Crippen LogP contribution in [0.5, 0.6) is 0 Å². The third-order valence-corrected chi connectivity index (χ3v) is 0. The van der Waals surface area contributed by atoms with E-state index in [0.717, 1.165) is 0 Å². The summed E-state index contributed by atoms with van der Waals surface area (Å²) in [6, 6.07) is 0. The minimum atomic E-state index is 0. The average molecular weight is 67.0 g/mol. The second-order valence-electron chi connectivity index (χ2n) is 0.0833. The smallest absolute Gasteiger partial charge is 0.543 e. The van der Waals surface area contributed by atoms with Crippen LogP contribution >= 0.6 is 0 Å². The van der Waals surface area contributed by atoms with Gasteiger partial charge in [-0.3, -0.25) is 0 Å². The Kier molecular flexibility index (Phi) is 21.6. The summed E-state index contributed by atoms with van der Waals surface area (Å²) in [5, 5.41) is 8.12. The molecule has 0 aromatic rings. The van der Waals surface area contributed by atoms with Crippen LogP contribution < -0.4 is 34.7 Å². The van der Waals surface area contributed by atoms with Crippen molar-refractivity contribution in [1.29, 1.82) is 0 Å². The molecule has 0 bridgehead atoms. The van der Waals surface area contributed by atoms with Crippen LogP contribution in [0.3, 0.4) is 0 Å². The zero-order valence-electron chi connectivity index (χ0n) is 2.32. The predicted molar refractivity (Wildman–Crippen MR) is 5.69 cm³/mol. The molecular formula is CNaO2. The molecule has 4 heavy (non-hydrogen) atoms. The fourth-order valence-corrected chi connectivity index (χ4v) is 0. The van der Waals surface area contributed by atoms with Crippen molar-refractivity contribution in [3.05, 3.63) is 0 Å². The first-order valence-electron chi connectivity index (χ1n) is 0.408. The van der Waals surface area contributed by atoms with Gasteiger partial charge in [0.05, 0.1) is 6.47 Å². The van der Waals surface area contributed by atoms with E-state index in [-0.39, 0.29) is 36.0 Å². The van der Waals surface area contributed by atoms with E-state index >= 15 is 0 Å². The SMILES string of the molecule is O=[C][O-].[Na+]. The zero-order chi connectivity index (χ0) is 2.71. The largest absolute Gasteiger partial charge is 1.00 e. The van der Waals surface area contributed by atoms with Gasteiger partial charge in [0.15, 0.2) is 0 Å². The van der Waals surface area contributed by atoms with Crippen molar-refractivity contribution in [3.63, 3.8) is 0 Å². The van der Waals surface area contributed by atoms with Gasteiger partial charge in [-0.05, 0) is 0 Å². The molecule has 0 amide bonds. The van der Waals surface area contributed by atoms with Crippen LogP contribution in [-0.4, -0.2) is 6.47 Å². The third kappa shape index (κ3) is 24.2. The molecule has 17 valence electrons. The first kappa shape index (κ1) is 8.82. The molecule has 0 aromatic heterocycles. The van der Waals surface area contributed by atoms with Crippen LogP contribution in [0, 0.1) is 0 Å². The maximum absolute atomic E-state index is 8.12. The summed E-state index contributed by atoms with van der Waals surface area (Å²) >= 11 is 0.